The van der Waals surface area contributed by atoms with Crippen LogP contribution in [0.25, 0.3) is 11.1 Å². The van der Waals surface area contributed by atoms with Crippen molar-refractivity contribution < 1.29 is 23.1 Å². The smallest absolute Gasteiger partial charge is 0.375 e. The lowest BCUT2D eigenvalue weighted by atomic mass is 9.93. The van der Waals surface area contributed by atoms with E-state index in [1.54, 1.807) is 18.2 Å². The van der Waals surface area contributed by atoms with Crippen molar-refractivity contribution in [1.29, 1.82) is 0 Å². The van der Waals surface area contributed by atoms with Gasteiger partial charge in [0.05, 0.1) is 6.54 Å². The summed E-state index contributed by atoms with van der Waals surface area (Å²) in [5.74, 6) is -0.696. The zero-order chi connectivity index (χ0) is 20.2. The van der Waals surface area contributed by atoms with Gasteiger partial charge in [0, 0.05) is 5.56 Å². The number of carbonyl (C=O) groups excluding carboxylic acids is 1. The quantitative estimate of drug-likeness (QED) is 0.678. The Bertz CT molecular complexity index is 926. The number of halogens is 3. The summed E-state index contributed by atoms with van der Waals surface area (Å²) in [6.07, 6.45) is -4.95. The predicted molar refractivity (Wildman–Crippen MR) is 101 cm³/mol. The third-order valence-electron chi connectivity index (χ3n) is 4.48. The molecule has 0 aliphatic carbocycles. The fourth-order valence-electron chi connectivity index (χ4n) is 2.83. The largest absolute Gasteiger partial charge is 0.423 e. The first-order valence-electron chi connectivity index (χ1n) is 8.59. The molecular formula is C22H18F3NO2. The number of nitrogens with one attached hydrogen (secondary N) is 1. The van der Waals surface area contributed by atoms with Gasteiger partial charge in [0.15, 0.2) is 0 Å². The second-order valence-corrected chi connectivity index (χ2v) is 6.35. The Morgan fingerprint density at radius 2 is 1.29 bits per heavy atom. The molecule has 2 N–H and O–H groups in total. The predicted octanol–water partition coefficient (Wildman–Crippen LogP) is 4.53. The molecule has 0 spiro atoms. The van der Waals surface area contributed by atoms with Crippen LogP contribution in [0.15, 0.2) is 84.9 Å². The molecule has 3 aromatic rings. The van der Waals surface area contributed by atoms with Crippen LogP contribution in [-0.2, 0) is 5.60 Å². The van der Waals surface area contributed by atoms with Crippen LogP contribution >= 0.6 is 0 Å². The Morgan fingerprint density at radius 3 is 1.82 bits per heavy atom. The summed E-state index contributed by atoms with van der Waals surface area (Å²) >= 11 is 0. The highest BCUT2D eigenvalue weighted by molar-refractivity contribution is 5.94. The normalized spacial score (nSPS) is 13.6. The second-order valence-electron chi connectivity index (χ2n) is 6.35. The van der Waals surface area contributed by atoms with Gasteiger partial charge in [-0.25, -0.2) is 0 Å². The average molecular weight is 385 g/mol. The van der Waals surface area contributed by atoms with E-state index < -0.39 is 24.2 Å². The van der Waals surface area contributed by atoms with Crippen molar-refractivity contribution in [3.05, 3.63) is 96.1 Å². The summed E-state index contributed by atoms with van der Waals surface area (Å²) in [4.78, 5) is 12.3. The number of alkyl halides is 3. The van der Waals surface area contributed by atoms with Crippen LogP contribution in [0.1, 0.15) is 15.9 Å². The van der Waals surface area contributed by atoms with Gasteiger partial charge in [-0.05, 0) is 28.8 Å². The molecule has 0 unspecified atom stereocenters. The summed E-state index contributed by atoms with van der Waals surface area (Å²) in [5, 5.41) is 12.5. The number of hydrogen-bond donors (Lipinski definition) is 2. The molecule has 3 nitrogen and oxygen atoms in total. The van der Waals surface area contributed by atoms with Crippen LogP contribution in [0.3, 0.4) is 0 Å². The van der Waals surface area contributed by atoms with Gasteiger partial charge in [-0.15, -0.1) is 0 Å². The molecule has 0 bridgehead atoms. The van der Waals surface area contributed by atoms with Crippen LogP contribution in [0.4, 0.5) is 13.2 Å². The number of rotatable bonds is 5. The number of amides is 1. The molecule has 0 saturated heterocycles. The fourth-order valence-corrected chi connectivity index (χ4v) is 2.83. The van der Waals surface area contributed by atoms with E-state index >= 15 is 0 Å². The highest BCUT2D eigenvalue weighted by atomic mass is 19.4. The Morgan fingerprint density at radius 1 is 0.786 bits per heavy atom. The Labute approximate surface area is 160 Å². The molecule has 3 aromatic carbocycles. The molecule has 0 aliphatic rings. The monoisotopic (exact) mass is 385 g/mol. The first kappa shape index (κ1) is 19.6. The molecule has 0 heterocycles. The number of carbonyl (C=O) groups is 1. The van der Waals surface area contributed by atoms with E-state index in [4.69, 9.17) is 0 Å². The minimum Gasteiger partial charge on any atom is -0.375 e. The number of benzene rings is 3. The van der Waals surface area contributed by atoms with Crippen molar-refractivity contribution >= 4 is 5.91 Å². The summed E-state index contributed by atoms with van der Waals surface area (Å²) in [6.45, 7) is -0.986. The molecule has 28 heavy (non-hydrogen) atoms. The minimum atomic E-state index is -4.95. The van der Waals surface area contributed by atoms with Gasteiger partial charge < -0.3 is 10.4 Å². The maximum Gasteiger partial charge on any atom is 0.423 e. The number of hydrogen-bond acceptors (Lipinski definition) is 2. The summed E-state index contributed by atoms with van der Waals surface area (Å²) in [7, 11) is 0. The van der Waals surface area contributed by atoms with Crippen molar-refractivity contribution in [1.82, 2.24) is 5.32 Å². The summed E-state index contributed by atoms with van der Waals surface area (Å²) < 4.78 is 40.4. The van der Waals surface area contributed by atoms with E-state index in [2.05, 4.69) is 5.32 Å². The lowest BCUT2D eigenvalue weighted by Gasteiger charge is -2.31. The third kappa shape index (κ3) is 4.07. The molecular weight excluding hydrogens is 367 g/mol. The lowest BCUT2D eigenvalue weighted by Crippen LogP contribution is -2.51. The fraction of sp³-hybridized carbons (Fsp3) is 0.136. The molecule has 0 saturated carbocycles. The maximum absolute atomic E-state index is 13.5. The van der Waals surface area contributed by atoms with Crippen molar-refractivity contribution in [2.45, 2.75) is 11.8 Å². The SMILES string of the molecule is O=C(NC[C@@](O)(c1ccccc1)C(F)(F)F)c1ccc(-c2ccccc2)cc1. The topological polar surface area (TPSA) is 49.3 Å². The first-order valence-corrected chi connectivity index (χ1v) is 8.59. The summed E-state index contributed by atoms with van der Waals surface area (Å²) in [6, 6.07) is 22.7. The van der Waals surface area contributed by atoms with Crippen LogP contribution in [0, 0.1) is 0 Å². The van der Waals surface area contributed by atoms with Gasteiger partial charge >= 0.3 is 6.18 Å². The molecule has 1 atom stereocenters. The Hall–Kier alpha value is -3.12. The van der Waals surface area contributed by atoms with Gasteiger partial charge in [-0.2, -0.15) is 13.2 Å². The van der Waals surface area contributed by atoms with Gasteiger partial charge in [0.2, 0.25) is 5.60 Å². The van der Waals surface area contributed by atoms with Crippen LogP contribution < -0.4 is 5.32 Å². The van der Waals surface area contributed by atoms with E-state index in [0.29, 0.717) is 0 Å². The van der Waals surface area contributed by atoms with Crippen LogP contribution in [-0.4, -0.2) is 23.7 Å². The zero-order valence-corrected chi connectivity index (χ0v) is 14.8. The standard InChI is InChI=1S/C22H18F3NO2/c23-22(24,25)21(28,19-9-5-2-6-10-19)15-26-20(27)18-13-11-17(12-14-18)16-7-3-1-4-8-16/h1-14,28H,15H2,(H,26,27)/t21-/m1/s1. The molecule has 1 amide bonds. The van der Waals surface area contributed by atoms with Gasteiger partial charge in [0.25, 0.3) is 5.91 Å². The first-order chi connectivity index (χ1) is 13.3. The van der Waals surface area contributed by atoms with Gasteiger partial charge in [-0.3, -0.25) is 4.79 Å². The van der Waals surface area contributed by atoms with Crippen LogP contribution in [0.5, 0.6) is 0 Å². The van der Waals surface area contributed by atoms with E-state index in [0.717, 1.165) is 11.1 Å². The van der Waals surface area contributed by atoms with E-state index in [1.165, 1.54) is 36.4 Å². The molecule has 0 aromatic heterocycles. The molecule has 3 rings (SSSR count). The molecule has 0 fully saturated rings. The minimum absolute atomic E-state index is 0.206. The van der Waals surface area contributed by atoms with Gasteiger partial charge in [-0.1, -0.05) is 72.8 Å². The average Bonchev–Trinajstić information content (AvgIpc) is 2.72. The molecule has 144 valence electrons. The maximum atomic E-state index is 13.5. The van der Waals surface area contributed by atoms with Crippen molar-refractivity contribution in [3.8, 4) is 11.1 Å². The summed E-state index contributed by atoms with van der Waals surface area (Å²) in [5.41, 5.74) is -1.45. The van der Waals surface area contributed by atoms with E-state index in [9.17, 15) is 23.1 Å². The third-order valence-corrected chi connectivity index (χ3v) is 4.48. The molecule has 6 heteroatoms. The van der Waals surface area contributed by atoms with Crippen molar-refractivity contribution in [2.75, 3.05) is 6.54 Å². The number of aliphatic hydroxyl groups is 1. The lowest BCUT2D eigenvalue weighted by molar-refractivity contribution is -0.263. The highest BCUT2D eigenvalue weighted by Crippen LogP contribution is 2.38. The van der Waals surface area contributed by atoms with Crippen molar-refractivity contribution in [3.63, 3.8) is 0 Å². The molecule has 0 radical (unpaired) electrons. The Kier molecular flexibility index (Phi) is 5.51. The molecule has 0 aliphatic heterocycles. The van der Waals surface area contributed by atoms with Crippen LogP contribution in [0.2, 0.25) is 0 Å². The van der Waals surface area contributed by atoms with Gasteiger partial charge in [0.1, 0.15) is 0 Å². The Balaban J connectivity index is 1.75. The highest BCUT2D eigenvalue weighted by Gasteiger charge is 2.55. The van der Waals surface area contributed by atoms with E-state index in [-0.39, 0.29) is 11.1 Å². The van der Waals surface area contributed by atoms with Crippen molar-refractivity contribution in [2.24, 2.45) is 0 Å². The van der Waals surface area contributed by atoms with E-state index in [1.807, 2.05) is 30.3 Å². The second kappa shape index (κ2) is 7.86. The zero-order valence-electron chi connectivity index (χ0n) is 14.8.